The zero-order valence-electron chi connectivity index (χ0n) is 21.0. The predicted molar refractivity (Wildman–Crippen MR) is 150 cm³/mol. The number of imidazole rings is 1. The third-order valence-electron chi connectivity index (χ3n) is 7.42. The fraction of sp³-hybridized carbons (Fsp3) is 0.0588. The van der Waals surface area contributed by atoms with Gasteiger partial charge in [0.25, 0.3) is 0 Å². The van der Waals surface area contributed by atoms with Crippen molar-refractivity contribution in [3.8, 4) is 34.0 Å². The van der Waals surface area contributed by atoms with E-state index in [0.717, 1.165) is 34.1 Å². The van der Waals surface area contributed by atoms with E-state index in [2.05, 4.69) is 83.8 Å². The first-order valence-electron chi connectivity index (χ1n) is 12.7. The molecule has 0 spiro atoms. The van der Waals surface area contributed by atoms with Gasteiger partial charge < -0.3 is 9.30 Å². The number of fused-ring (bicyclic) bond motifs is 3. The maximum atomic E-state index is 6.46. The molecule has 4 heteroatoms. The molecule has 2 aromatic heterocycles. The molecule has 0 fully saturated rings. The van der Waals surface area contributed by atoms with Gasteiger partial charge in [-0.1, -0.05) is 78.9 Å². The molecular weight excluding hydrogens is 466 g/mol. The van der Waals surface area contributed by atoms with Crippen LogP contribution < -0.4 is 4.74 Å². The molecule has 0 aliphatic heterocycles. The molecular formula is C34H25N3O. The molecule has 0 unspecified atom stereocenters. The van der Waals surface area contributed by atoms with Crippen LogP contribution in [0.15, 0.2) is 134 Å². The number of pyridine rings is 1. The summed E-state index contributed by atoms with van der Waals surface area (Å²) in [6, 6.07) is 40.0. The Morgan fingerprint density at radius 2 is 1.32 bits per heavy atom. The summed E-state index contributed by atoms with van der Waals surface area (Å²) in [5, 5.41) is 0. The summed E-state index contributed by atoms with van der Waals surface area (Å²) >= 11 is 0. The number of nitrogens with zero attached hydrogens (tertiary/aromatic N) is 3. The highest BCUT2D eigenvalue weighted by Crippen LogP contribution is 2.55. The van der Waals surface area contributed by atoms with Gasteiger partial charge in [-0.05, 0) is 64.2 Å². The first-order chi connectivity index (χ1) is 18.7. The number of benzene rings is 4. The molecule has 4 aromatic carbocycles. The normalized spacial score (nSPS) is 13.1. The summed E-state index contributed by atoms with van der Waals surface area (Å²) in [5.41, 5.74) is 7.50. The fourth-order valence-electron chi connectivity index (χ4n) is 5.83. The van der Waals surface area contributed by atoms with Crippen LogP contribution in [0.5, 0.6) is 11.5 Å². The van der Waals surface area contributed by atoms with Crippen molar-refractivity contribution < 1.29 is 4.74 Å². The predicted octanol–water partition coefficient (Wildman–Crippen LogP) is 7.64. The molecule has 0 saturated heterocycles. The molecule has 0 radical (unpaired) electrons. The summed E-state index contributed by atoms with van der Waals surface area (Å²) in [5.74, 6) is 2.44. The lowest BCUT2D eigenvalue weighted by atomic mass is 9.70. The molecule has 0 N–H and O–H groups in total. The Balaban J connectivity index is 1.39. The van der Waals surface area contributed by atoms with Crippen LogP contribution >= 0.6 is 0 Å². The van der Waals surface area contributed by atoms with Gasteiger partial charge in [0.2, 0.25) is 0 Å². The Kier molecular flexibility index (Phi) is 5.19. The monoisotopic (exact) mass is 491 g/mol. The van der Waals surface area contributed by atoms with Crippen LogP contribution in [0.3, 0.4) is 0 Å². The Bertz CT molecular complexity index is 1720. The number of aromatic nitrogens is 3. The second kappa shape index (κ2) is 8.86. The van der Waals surface area contributed by atoms with Crippen LogP contribution in [0.1, 0.15) is 22.4 Å². The van der Waals surface area contributed by atoms with Crippen molar-refractivity contribution in [2.24, 2.45) is 7.05 Å². The summed E-state index contributed by atoms with van der Waals surface area (Å²) < 4.78 is 8.46. The highest BCUT2D eigenvalue weighted by Gasteiger charge is 2.47. The van der Waals surface area contributed by atoms with Crippen molar-refractivity contribution in [3.05, 3.63) is 156 Å². The van der Waals surface area contributed by atoms with E-state index in [1.165, 1.54) is 22.3 Å². The van der Waals surface area contributed by atoms with Crippen LogP contribution in [0.25, 0.3) is 22.5 Å². The topological polar surface area (TPSA) is 39.9 Å². The number of hydrogen-bond donors (Lipinski definition) is 0. The molecule has 4 nitrogen and oxygen atoms in total. The molecule has 38 heavy (non-hydrogen) atoms. The summed E-state index contributed by atoms with van der Waals surface area (Å²) in [4.78, 5) is 9.41. The Labute approximate surface area is 221 Å². The van der Waals surface area contributed by atoms with E-state index in [1.54, 1.807) is 6.20 Å². The minimum atomic E-state index is -0.553. The average molecular weight is 492 g/mol. The molecule has 1 aliphatic rings. The maximum absolute atomic E-state index is 6.46. The van der Waals surface area contributed by atoms with Crippen LogP contribution in [0.2, 0.25) is 0 Å². The van der Waals surface area contributed by atoms with Gasteiger partial charge in [-0.2, -0.15) is 0 Å². The van der Waals surface area contributed by atoms with E-state index in [-0.39, 0.29) is 0 Å². The second-order valence-electron chi connectivity index (χ2n) is 9.58. The van der Waals surface area contributed by atoms with E-state index in [4.69, 9.17) is 9.72 Å². The minimum absolute atomic E-state index is 0.553. The molecule has 0 atom stereocenters. The Hall–Kier alpha value is -4.96. The van der Waals surface area contributed by atoms with Crippen molar-refractivity contribution in [1.82, 2.24) is 14.5 Å². The maximum Gasteiger partial charge on any atom is 0.139 e. The lowest BCUT2D eigenvalue weighted by Crippen LogP contribution is -2.29. The van der Waals surface area contributed by atoms with E-state index < -0.39 is 5.41 Å². The van der Waals surface area contributed by atoms with Gasteiger partial charge in [0.05, 0.1) is 11.1 Å². The van der Waals surface area contributed by atoms with Gasteiger partial charge in [-0.15, -0.1) is 0 Å². The molecule has 6 aromatic rings. The number of ether oxygens (including phenoxy) is 1. The second-order valence-corrected chi connectivity index (χ2v) is 9.58. The third-order valence-corrected chi connectivity index (χ3v) is 7.42. The number of rotatable bonds is 5. The van der Waals surface area contributed by atoms with Gasteiger partial charge in [0.15, 0.2) is 0 Å². The molecule has 0 bridgehead atoms. The summed E-state index contributed by atoms with van der Waals surface area (Å²) in [6.45, 7) is 0. The zero-order chi connectivity index (χ0) is 25.5. The highest BCUT2D eigenvalue weighted by molar-refractivity contribution is 5.85. The summed E-state index contributed by atoms with van der Waals surface area (Å²) in [7, 11) is 1.99. The Morgan fingerprint density at radius 1 is 0.632 bits per heavy atom. The van der Waals surface area contributed by atoms with Crippen molar-refractivity contribution in [2.45, 2.75) is 5.41 Å². The van der Waals surface area contributed by atoms with Crippen LogP contribution in [0, 0.1) is 0 Å². The van der Waals surface area contributed by atoms with Crippen LogP contribution in [-0.4, -0.2) is 14.5 Å². The minimum Gasteiger partial charge on any atom is -0.457 e. The third kappa shape index (κ3) is 3.38. The molecule has 182 valence electrons. The van der Waals surface area contributed by atoms with Gasteiger partial charge >= 0.3 is 0 Å². The van der Waals surface area contributed by atoms with Crippen molar-refractivity contribution in [1.29, 1.82) is 0 Å². The first kappa shape index (κ1) is 22.3. The van der Waals surface area contributed by atoms with Gasteiger partial charge in [0, 0.05) is 31.2 Å². The molecule has 0 amide bonds. The lowest BCUT2D eigenvalue weighted by Gasteiger charge is -2.32. The quantitative estimate of drug-likeness (QED) is 0.248. The summed E-state index contributed by atoms with van der Waals surface area (Å²) in [6.07, 6.45) is 5.63. The first-order valence-corrected chi connectivity index (χ1v) is 12.7. The zero-order valence-corrected chi connectivity index (χ0v) is 21.0. The van der Waals surface area contributed by atoms with E-state index in [9.17, 15) is 0 Å². The SMILES string of the molecule is Cn1ccnc1-c1cccc(Oc2cccc(C3(c4ccccn4)c4ccccc4-c4ccccc43)c2)c1. The smallest absolute Gasteiger partial charge is 0.139 e. The number of aryl methyl sites for hydroxylation is 1. The fourth-order valence-corrected chi connectivity index (χ4v) is 5.83. The molecule has 0 saturated carbocycles. The number of hydrogen-bond acceptors (Lipinski definition) is 3. The highest BCUT2D eigenvalue weighted by atomic mass is 16.5. The van der Waals surface area contributed by atoms with E-state index in [0.29, 0.717) is 0 Å². The molecule has 7 rings (SSSR count). The average Bonchev–Trinajstić information content (AvgIpc) is 3.53. The Morgan fingerprint density at radius 3 is 2.00 bits per heavy atom. The van der Waals surface area contributed by atoms with Gasteiger partial charge in [0.1, 0.15) is 17.3 Å². The van der Waals surface area contributed by atoms with E-state index in [1.807, 2.05) is 60.4 Å². The van der Waals surface area contributed by atoms with Gasteiger partial charge in [-0.3, -0.25) is 4.98 Å². The molecule has 1 aliphatic carbocycles. The van der Waals surface area contributed by atoms with Gasteiger partial charge in [-0.25, -0.2) is 4.98 Å². The van der Waals surface area contributed by atoms with Crippen LogP contribution in [0.4, 0.5) is 0 Å². The van der Waals surface area contributed by atoms with Crippen LogP contribution in [-0.2, 0) is 12.5 Å². The largest absolute Gasteiger partial charge is 0.457 e. The van der Waals surface area contributed by atoms with Crippen molar-refractivity contribution in [3.63, 3.8) is 0 Å². The van der Waals surface area contributed by atoms with Crippen molar-refractivity contribution in [2.75, 3.05) is 0 Å². The van der Waals surface area contributed by atoms with Crippen molar-refractivity contribution >= 4 is 0 Å². The standard InChI is InChI=1S/C34H25N3O/c1-37-21-20-36-33(37)24-10-8-12-26(22-24)38-27-13-9-11-25(23-27)34(32-18-6-7-19-35-32)30-16-4-2-14-28(30)29-15-3-5-17-31(29)34/h2-23H,1H3. The lowest BCUT2D eigenvalue weighted by molar-refractivity contribution is 0.481. The van der Waals surface area contributed by atoms with E-state index >= 15 is 0 Å². The molecule has 2 heterocycles.